The highest BCUT2D eigenvalue weighted by Gasteiger charge is 2.26. The van der Waals surface area contributed by atoms with Crippen molar-refractivity contribution < 1.29 is 14.3 Å². The molecule has 2 aromatic rings. The molecule has 0 unspecified atom stereocenters. The van der Waals surface area contributed by atoms with Crippen molar-refractivity contribution in [2.75, 3.05) is 6.61 Å². The molecular weight excluding hydrogens is 447 g/mol. The number of nitrogens with zero attached hydrogens (tertiary/aromatic N) is 3. The van der Waals surface area contributed by atoms with Crippen molar-refractivity contribution in [1.29, 1.82) is 0 Å². The van der Waals surface area contributed by atoms with Crippen LogP contribution < -0.4 is 5.32 Å². The highest BCUT2D eigenvalue weighted by atomic mass is 35.5. The largest absolute Gasteiger partial charge is 0.461 e. The van der Waals surface area contributed by atoms with E-state index in [9.17, 15) is 9.59 Å². The second kappa shape index (κ2) is 8.67. The average Bonchev–Trinajstić information content (AvgIpc) is 3.28. The van der Waals surface area contributed by atoms with Gasteiger partial charge in [0.25, 0.3) is 5.91 Å². The quantitative estimate of drug-likeness (QED) is 0.420. The third kappa shape index (κ3) is 4.16. The Morgan fingerprint density at radius 2 is 2.33 bits per heavy atom. The molecule has 1 aliphatic heterocycles. The molecule has 1 fully saturated rings. The van der Waals surface area contributed by atoms with E-state index in [4.69, 9.17) is 27.9 Å². The van der Waals surface area contributed by atoms with Crippen LogP contribution in [0.2, 0.25) is 0 Å². The maximum Gasteiger partial charge on any atom is 0.356 e. The maximum atomic E-state index is 12.4. The first-order valence-electron chi connectivity index (χ1n) is 9.10. The molecule has 1 saturated heterocycles. The average molecular weight is 463 g/mol. The van der Waals surface area contributed by atoms with Gasteiger partial charge in [-0.3, -0.25) is 9.20 Å². The number of hydrogen-bond donors (Lipinski definition) is 1. The second-order valence-corrected chi connectivity index (χ2v) is 8.34. The number of pyridine rings is 1. The molecule has 154 valence electrons. The predicted octanol–water partition coefficient (Wildman–Crippen LogP) is 4.09. The van der Waals surface area contributed by atoms with Gasteiger partial charge in [-0.2, -0.15) is 0 Å². The molecule has 0 aromatic carbocycles. The molecule has 10 heteroatoms. The van der Waals surface area contributed by atoms with Crippen molar-refractivity contribution in [3.05, 3.63) is 63.6 Å². The van der Waals surface area contributed by atoms with E-state index >= 15 is 0 Å². The zero-order valence-electron chi connectivity index (χ0n) is 15.8. The first-order valence-corrected chi connectivity index (χ1v) is 10.7. The minimum absolute atomic E-state index is 0.272. The van der Waals surface area contributed by atoms with Gasteiger partial charge in [-0.25, -0.2) is 14.8 Å². The number of amidine groups is 1. The smallest absolute Gasteiger partial charge is 0.356 e. The summed E-state index contributed by atoms with van der Waals surface area (Å²) >= 11 is 13.7. The van der Waals surface area contributed by atoms with E-state index in [1.165, 1.54) is 18.0 Å². The van der Waals surface area contributed by atoms with Gasteiger partial charge in [0.05, 0.1) is 33.8 Å². The maximum absolute atomic E-state index is 12.4. The number of amides is 1. The van der Waals surface area contributed by atoms with Gasteiger partial charge in [-0.15, -0.1) is 11.6 Å². The standard InChI is InChI=1S/C20H16Cl2N4O3S/c1-2-29-19(28)14-9-23-16-7-6-11(10-26(14)16)8-15-18(27)25-20(30-15)24-17-12(21)4-3-5-13(17)22/h3-4,6-10,13H,2,5H2,1H3,(H,24,25,27)/b15-8-/t13-/m1/s1. The molecule has 1 amide bonds. The summed E-state index contributed by atoms with van der Waals surface area (Å²) in [6, 6.07) is 3.58. The summed E-state index contributed by atoms with van der Waals surface area (Å²) in [7, 11) is 0. The van der Waals surface area contributed by atoms with Crippen LogP contribution in [-0.4, -0.2) is 38.4 Å². The molecule has 1 atom stereocenters. The van der Waals surface area contributed by atoms with E-state index < -0.39 is 5.97 Å². The van der Waals surface area contributed by atoms with Crippen LogP contribution in [0.4, 0.5) is 0 Å². The number of aromatic nitrogens is 2. The Morgan fingerprint density at radius 1 is 1.50 bits per heavy atom. The molecule has 2 aliphatic rings. The van der Waals surface area contributed by atoms with Crippen molar-refractivity contribution in [3.8, 4) is 0 Å². The molecule has 1 N–H and O–H groups in total. The fourth-order valence-corrected chi connectivity index (χ4v) is 4.36. The second-order valence-electron chi connectivity index (χ2n) is 6.38. The van der Waals surface area contributed by atoms with E-state index in [1.54, 1.807) is 35.7 Å². The summed E-state index contributed by atoms with van der Waals surface area (Å²) in [5.41, 5.74) is 2.17. The molecule has 30 heavy (non-hydrogen) atoms. The fourth-order valence-electron chi connectivity index (χ4n) is 2.94. The predicted molar refractivity (Wildman–Crippen MR) is 119 cm³/mol. The van der Waals surface area contributed by atoms with Gasteiger partial charge in [0.1, 0.15) is 5.65 Å². The van der Waals surface area contributed by atoms with Crippen LogP contribution in [0.25, 0.3) is 11.7 Å². The van der Waals surface area contributed by atoms with Gasteiger partial charge in [0, 0.05) is 6.20 Å². The van der Waals surface area contributed by atoms with Crippen LogP contribution in [0.3, 0.4) is 0 Å². The van der Waals surface area contributed by atoms with Crippen molar-refractivity contribution >= 4 is 63.7 Å². The number of carbonyl (C=O) groups is 2. The number of ether oxygens (including phenoxy) is 1. The third-order valence-electron chi connectivity index (χ3n) is 4.33. The van der Waals surface area contributed by atoms with Crippen LogP contribution in [-0.2, 0) is 9.53 Å². The highest BCUT2D eigenvalue weighted by Crippen LogP contribution is 2.31. The van der Waals surface area contributed by atoms with Crippen LogP contribution >= 0.6 is 35.0 Å². The highest BCUT2D eigenvalue weighted by molar-refractivity contribution is 8.18. The normalized spacial score (nSPS) is 21.7. The van der Waals surface area contributed by atoms with E-state index in [0.29, 0.717) is 38.6 Å². The summed E-state index contributed by atoms with van der Waals surface area (Å²) < 4.78 is 6.69. The number of fused-ring (bicyclic) bond motifs is 1. The lowest BCUT2D eigenvalue weighted by atomic mass is 10.1. The molecule has 0 radical (unpaired) electrons. The Morgan fingerprint density at radius 3 is 3.10 bits per heavy atom. The summed E-state index contributed by atoms with van der Waals surface area (Å²) in [4.78, 5) is 33.6. The molecule has 0 bridgehead atoms. The van der Waals surface area contributed by atoms with E-state index in [2.05, 4.69) is 15.3 Å². The first kappa shape index (κ1) is 20.7. The first-order chi connectivity index (χ1) is 14.5. The number of hydrogen-bond acceptors (Lipinski definition) is 6. The number of nitrogens with one attached hydrogen (secondary N) is 1. The number of alkyl halides is 1. The number of halogens is 2. The lowest BCUT2D eigenvalue weighted by molar-refractivity contribution is -0.115. The molecular formula is C20H16Cl2N4O3S. The van der Waals surface area contributed by atoms with Crippen LogP contribution in [0, 0.1) is 0 Å². The molecule has 2 aromatic heterocycles. The van der Waals surface area contributed by atoms with E-state index in [-0.39, 0.29) is 17.9 Å². The number of thioether (sulfide) groups is 1. The Hall–Kier alpha value is -2.55. The third-order valence-corrected chi connectivity index (χ3v) is 5.95. The zero-order chi connectivity index (χ0) is 21.3. The number of esters is 1. The lowest BCUT2D eigenvalue weighted by Crippen LogP contribution is -2.20. The van der Waals surface area contributed by atoms with Crippen LogP contribution in [0.1, 0.15) is 29.4 Å². The monoisotopic (exact) mass is 462 g/mol. The number of rotatable bonds is 4. The summed E-state index contributed by atoms with van der Waals surface area (Å²) in [6.45, 7) is 2.01. The Bertz CT molecular complexity index is 1170. The molecule has 1 aliphatic carbocycles. The summed E-state index contributed by atoms with van der Waals surface area (Å²) in [5.74, 6) is -0.733. The minimum atomic E-state index is -0.459. The number of allylic oxidation sites excluding steroid dienone is 4. The molecule has 0 spiro atoms. The van der Waals surface area contributed by atoms with E-state index in [0.717, 1.165) is 5.56 Å². The van der Waals surface area contributed by atoms with Gasteiger partial charge in [0.15, 0.2) is 10.9 Å². The molecule has 7 nitrogen and oxygen atoms in total. The Kier molecular flexibility index (Phi) is 5.99. The van der Waals surface area contributed by atoms with Gasteiger partial charge in [-0.1, -0.05) is 17.7 Å². The van der Waals surface area contributed by atoms with E-state index in [1.807, 2.05) is 12.1 Å². The number of carbonyl (C=O) groups excluding carboxylic acids is 2. The van der Waals surface area contributed by atoms with Gasteiger partial charge in [0.2, 0.25) is 0 Å². The van der Waals surface area contributed by atoms with Gasteiger partial charge in [-0.05, 0) is 55.0 Å². The van der Waals surface area contributed by atoms with Crippen LogP contribution in [0.15, 0.2) is 57.3 Å². The molecule has 4 rings (SSSR count). The summed E-state index contributed by atoms with van der Waals surface area (Å²) in [5, 5.41) is 3.26. The molecule has 0 saturated carbocycles. The number of aliphatic imine (C=N–C) groups is 1. The minimum Gasteiger partial charge on any atom is -0.461 e. The van der Waals surface area contributed by atoms with Gasteiger partial charge < -0.3 is 10.1 Å². The number of imidazole rings is 1. The molecule has 3 heterocycles. The van der Waals surface area contributed by atoms with Crippen molar-refractivity contribution in [3.63, 3.8) is 0 Å². The SMILES string of the molecule is CCOC(=O)c1cnc2ccc(/C=C3\SC(=NC4=C(Cl)C=CC[C@H]4Cl)NC3=O)cn12. The lowest BCUT2D eigenvalue weighted by Gasteiger charge is -2.13. The van der Waals surface area contributed by atoms with Crippen LogP contribution in [0.5, 0.6) is 0 Å². The summed E-state index contributed by atoms with van der Waals surface area (Å²) in [6.07, 6.45) is 9.16. The Balaban J connectivity index is 1.62. The fraction of sp³-hybridized carbons (Fsp3) is 0.200. The van der Waals surface area contributed by atoms with Crippen molar-refractivity contribution in [2.24, 2.45) is 4.99 Å². The topological polar surface area (TPSA) is 85.1 Å². The van der Waals surface area contributed by atoms with Crippen molar-refractivity contribution in [2.45, 2.75) is 18.7 Å². The Labute approximate surface area is 186 Å². The van der Waals surface area contributed by atoms with Crippen molar-refractivity contribution in [1.82, 2.24) is 14.7 Å². The zero-order valence-corrected chi connectivity index (χ0v) is 18.1. The van der Waals surface area contributed by atoms with Gasteiger partial charge >= 0.3 is 5.97 Å².